The Balaban J connectivity index is 1.81. The second-order valence-corrected chi connectivity index (χ2v) is 5.73. The summed E-state index contributed by atoms with van der Waals surface area (Å²) >= 11 is 0. The molecule has 19 heavy (non-hydrogen) atoms. The Kier molecular flexibility index (Phi) is 5.16. The van der Waals surface area contributed by atoms with E-state index in [1.807, 2.05) is 13.1 Å². The Morgan fingerprint density at radius 3 is 2.47 bits per heavy atom. The van der Waals surface area contributed by atoms with Crippen molar-refractivity contribution in [3.8, 4) is 0 Å². The van der Waals surface area contributed by atoms with Crippen molar-refractivity contribution in [3.63, 3.8) is 0 Å². The average Bonchev–Trinajstić information content (AvgIpc) is 2.41. The minimum Gasteiger partial charge on any atom is -0.373 e. The molecule has 4 nitrogen and oxygen atoms in total. The van der Waals surface area contributed by atoms with Gasteiger partial charge in [0.1, 0.15) is 5.82 Å². The van der Waals surface area contributed by atoms with Gasteiger partial charge in [0.15, 0.2) is 0 Å². The summed E-state index contributed by atoms with van der Waals surface area (Å²) in [5, 5.41) is 3.10. The Labute approximate surface area is 116 Å². The van der Waals surface area contributed by atoms with E-state index in [1.165, 1.54) is 19.6 Å². The third kappa shape index (κ3) is 4.48. The predicted molar refractivity (Wildman–Crippen MR) is 80.3 cm³/mol. The lowest BCUT2D eigenvalue weighted by Crippen LogP contribution is -2.46. The minimum atomic E-state index is 0.764. The number of anilines is 1. The zero-order valence-corrected chi connectivity index (χ0v) is 12.4. The van der Waals surface area contributed by atoms with E-state index < -0.39 is 0 Å². The normalized spacial score (nSPS) is 17.9. The van der Waals surface area contributed by atoms with Crippen LogP contribution < -0.4 is 5.32 Å². The van der Waals surface area contributed by atoms with Crippen LogP contribution in [0.25, 0.3) is 0 Å². The van der Waals surface area contributed by atoms with Crippen LogP contribution >= 0.6 is 0 Å². The summed E-state index contributed by atoms with van der Waals surface area (Å²) in [5.74, 6) is 1.72. The van der Waals surface area contributed by atoms with Crippen LogP contribution in [0.15, 0.2) is 18.2 Å². The second kappa shape index (κ2) is 6.87. The molecule has 1 N–H and O–H groups in total. The molecule has 0 spiro atoms. The summed E-state index contributed by atoms with van der Waals surface area (Å²) in [6.07, 6.45) is 0. The summed E-state index contributed by atoms with van der Waals surface area (Å²) < 4.78 is 0. The number of rotatable bonds is 5. The fourth-order valence-corrected chi connectivity index (χ4v) is 2.58. The highest BCUT2D eigenvalue weighted by molar-refractivity contribution is 5.34. The van der Waals surface area contributed by atoms with E-state index in [9.17, 15) is 0 Å². The first-order valence-electron chi connectivity index (χ1n) is 7.26. The van der Waals surface area contributed by atoms with E-state index in [1.54, 1.807) is 0 Å². The molecular formula is C15H26N4. The Morgan fingerprint density at radius 1 is 1.16 bits per heavy atom. The molecule has 4 heteroatoms. The molecule has 0 saturated carbocycles. The van der Waals surface area contributed by atoms with Gasteiger partial charge in [-0.15, -0.1) is 0 Å². The van der Waals surface area contributed by atoms with E-state index in [2.05, 4.69) is 46.1 Å². The van der Waals surface area contributed by atoms with Gasteiger partial charge in [0, 0.05) is 46.3 Å². The van der Waals surface area contributed by atoms with Gasteiger partial charge < -0.3 is 10.2 Å². The summed E-state index contributed by atoms with van der Waals surface area (Å²) in [6, 6.07) is 6.19. The van der Waals surface area contributed by atoms with Crippen molar-refractivity contribution in [1.29, 1.82) is 0 Å². The second-order valence-electron chi connectivity index (χ2n) is 5.73. The first-order valence-corrected chi connectivity index (χ1v) is 7.26. The van der Waals surface area contributed by atoms with Crippen LogP contribution in [0, 0.1) is 5.92 Å². The lowest BCUT2D eigenvalue weighted by molar-refractivity contribution is 0.116. The number of hydrogen-bond acceptors (Lipinski definition) is 4. The van der Waals surface area contributed by atoms with Crippen LogP contribution in [-0.2, 0) is 6.54 Å². The molecule has 1 fully saturated rings. The molecule has 0 radical (unpaired) electrons. The molecule has 1 saturated heterocycles. The maximum Gasteiger partial charge on any atom is 0.126 e. The van der Waals surface area contributed by atoms with Crippen molar-refractivity contribution in [2.24, 2.45) is 5.92 Å². The molecule has 1 aliphatic rings. The molecule has 0 amide bonds. The van der Waals surface area contributed by atoms with Crippen LogP contribution in [0.1, 0.15) is 19.5 Å². The van der Waals surface area contributed by atoms with E-state index in [0.29, 0.717) is 0 Å². The molecule has 0 atom stereocenters. The number of nitrogens with one attached hydrogen (secondary N) is 1. The number of hydrogen-bond donors (Lipinski definition) is 1. The molecule has 1 aliphatic heterocycles. The monoisotopic (exact) mass is 262 g/mol. The van der Waals surface area contributed by atoms with Crippen molar-refractivity contribution in [1.82, 2.24) is 14.8 Å². The van der Waals surface area contributed by atoms with Crippen molar-refractivity contribution < 1.29 is 0 Å². The van der Waals surface area contributed by atoms with Crippen LogP contribution in [0.5, 0.6) is 0 Å². The third-order valence-electron chi connectivity index (χ3n) is 3.54. The van der Waals surface area contributed by atoms with E-state index in [-0.39, 0.29) is 0 Å². The summed E-state index contributed by atoms with van der Waals surface area (Å²) in [7, 11) is 1.91. The molecule has 106 valence electrons. The van der Waals surface area contributed by atoms with Crippen molar-refractivity contribution in [3.05, 3.63) is 23.9 Å². The summed E-state index contributed by atoms with van der Waals surface area (Å²) in [5.41, 5.74) is 1.16. The first kappa shape index (κ1) is 14.3. The van der Waals surface area contributed by atoms with Crippen LogP contribution in [0.4, 0.5) is 5.82 Å². The van der Waals surface area contributed by atoms with Gasteiger partial charge in [0.2, 0.25) is 0 Å². The van der Waals surface area contributed by atoms with E-state index >= 15 is 0 Å². The smallest absolute Gasteiger partial charge is 0.126 e. The SMILES string of the molecule is CNc1cccc(CN2CCN(CC(C)C)CC2)n1. The molecule has 1 aromatic heterocycles. The van der Waals surface area contributed by atoms with Gasteiger partial charge in [0.05, 0.1) is 5.69 Å². The summed E-state index contributed by atoms with van der Waals surface area (Å²) in [4.78, 5) is 9.65. The number of aromatic nitrogens is 1. The maximum absolute atomic E-state index is 4.59. The Morgan fingerprint density at radius 2 is 1.84 bits per heavy atom. The van der Waals surface area contributed by atoms with Gasteiger partial charge in [-0.25, -0.2) is 4.98 Å². The number of nitrogens with zero attached hydrogens (tertiary/aromatic N) is 3. The highest BCUT2D eigenvalue weighted by Crippen LogP contribution is 2.10. The highest BCUT2D eigenvalue weighted by Gasteiger charge is 2.17. The highest BCUT2D eigenvalue weighted by atomic mass is 15.3. The third-order valence-corrected chi connectivity index (χ3v) is 3.54. The van der Waals surface area contributed by atoms with E-state index in [4.69, 9.17) is 0 Å². The predicted octanol–water partition coefficient (Wildman–Crippen LogP) is 1.90. The fourth-order valence-electron chi connectivity index (χ4n) is 2.58. The molecule has 1 aromatic rings. The average molecular weight is 262 g/mol. The maximum atomic E-state index is 4.59. The van der Waals surface area contributed by atoms with E-state index in [0.717, 1.165) is 37.1 Å². The van der Waals surface area contributed by atoms with Crippen LogP contribution in [0.3, 0.4) is 0 Å². The molecule has 0 aromatic carbocycles. The van der Waals surface area contributed by atoms with Crippen LogP contribution in [0.2, 0.25) is 0 Å². The lowest BCUT2D eigenvalue weighted by Gasteiger charge is -2.35. The molecule has 0 bridgehead atoms. The molecule has 0 aliphatic carbocycles. The Bertz CT molecular complexity index is 383. The molecular weight excluding hydrogens is 236 g/mol. The van der Waals surface area contributed by atoms with Crippen molar-refractivity contribution in [2.75, 3.05) is 45.1 Å². The quantitative estimate of drug-likeness (QED) is 0.878. The van der Waals surface area contributed by atoms with Gasteiger partial charge in [0.25, 0.3) is 0 Å². The minimum absolute atomic E-state index is 0.764. The van der Waals surface area contributed by atoms with Crippen molar-refractivity contribution >= 4 is 5.82 Å². The topological polar surface area (TPSA) is 31.4 Å². The zero-order valence-electron chi connectivity index (χ0n) is 12.4. The first-order chi connectivity index (χ1) is 9.17. The molecule has 2 rings (SSSR count). The Hall–Kier alpha value is -1.13. The van der Waals surface area contributed by atoms with Gasteiger partial charge in [-0.3, -0.25) is 4.90 Å². The van der Waals surface area contributed by atoms with Gasteiger partial charge >= 0.3 is 0 Å². The molecule has 0 unspecified atom stereocenters. The van der Waals surface area contributed by atoms with Gasteiger partial charge in [-0.05, 0) is 18.1 Å². The van der Waals surface area contributed by atoms with Crippen LogP contribution in [-0.4, -0.2) is 54.6 Å². The summed E-state index contributed by atoms with van der Waals surface area (Å²) in [6.45, 7) is 11.4. The molecule has 2 heterocycles. The standard InChI is InChI=1S/C15H26N4/c1-13(2)11-18-7-9-19(10-8-18)12-14-5-4-6-15(16-3)17-14/h4-6,13H,7-12H2,1-3H3,(H,16,17). The number of piperazine rings is 1. The van der Waals surface area contributed by atoms with Gasteiger partial charge in [-0.1, -0.05) is 19.9 Å². The largest absolute Gasteiger partial charge is 0.373 e. The van der Waals surface area contributed by atoms with Crippen molar-refractivity contribution in [2.45, 2.75) is 20.4 Å². The number of pyridine rings is 1. The zero-order chi connectivity index (χ0) is 13.7. The van der Waals surface area contributed by atoms with Gasteiger partial charge in [-0.2, -0.15) is 0 Å². The lowest BCUT2D eigenvalue weighted by atomic mass is 10.2. The fraction of sp³-hybridized carbons (Fsp3) is 0.667.